The molecule has 0 atom stereocenters. The van der Waals surface area contributed by atoms with Crippen LogP contribution in [0.2, 0.25) is 0 Å². The molecule has 0 fully saturated rings. The highest BCUT2D eigenvalue weighted by Crippen LogP contribution is 2.28. The van der Waals surface area contributed by atoms with Crippen LogP contribution in [0.3, 0.4) is 0 Å². The fourth-order valence-electron chi connectivity index (χ4n) is 1.85. The number of nitrogens with one attached hydrogen (secondary N) is 1. The summed E-state index contributed by atoms with van der Waals surface area (Å²) >= 11 is 0. The number of amides is 1. The molecule has 1 aromatic rings. The number of hydrogen-bond donors (Lipinski definition) is 1. The molecule has 6 nitrogen and oxygen atoms in total. The van der Waals surface area contributed by atoms with Gasteiger partial charge in [-0.3, -0.25) is 4.79 Å². The summed E-state index contributed by atoms with van der Waals surface area (Å²) in [5.74, 6) is 0.697. The van der Waals surface area contributed by atoms with Crippen molar-refractivity contribution >= 4 is 11.9 Å². The van der Waals surface area contributed by atoms with Gasteiger partial charge in [0.15, 0.2) is 18.1 Å². The first kappa shape index (κ1) is 19.8. The van der Waals surface area contributed by atoms with Crippen LogP contribution >= 0.6 is 0 Å². The molecule has 0 saturated carbocycles. The Labute approximate surface area is 143 Å². The number of carbonyl (C=O) groups excluding carboxylic acids is 2. The van der Waals surface area contributed by atoms with Crippen LogP contribution < -0.4 is 14.8 Å². The van der Waals surface area contributed by atoms with E-state index in [2.05, 4.69) is 19.2 Å². The van der Waals surface area contributed by atoms with Gasteiger partial charge in [-0.05, 0) is 37.0 Å². The zero-order chi connectivity index (χ0) is 17.9. The van der Waals surface area contributed by atoms with E-state index in [1.807, 2.05) is 6.92 Å². The number of esters is 1. The number of ether oxygens (including phenoxy) is 3. The van der Waals surface area contributed by atoms with Crippen LogP contribution in [0.5, 0.6) is 11.5 Å². The number of methoxy groups -OCH3 is 1. The molecule has 0 radical (unpaired) electrons. The second-order valence-electron chi connectivity index (χ2n) is 5.82. The lowest BCUT2D eigenvalue weighted by Crippen LogP contribution is -2.29. The lowest BCUT2D eigenvalue weighted by atomic mass is 10.1. The predicted molar refractivity (Wildman–Crippen MR) is 91.5 cm³/mol. The SMILES string of the molecule is CCCNC(=O)COC(=O)c1ccc(OCCC(C)C)c(OC)c1. The summed E-state index contributed by atoms with van der Waals surface area (Å²) in [6, 6.07) is 4.82. The topological polar surface area (TPSA) is 73.9 Å². The first-order chi connectivity index (χ1) is 11.5. The first-order valence-corrected chi connectivity index (χ1v) is 8.22. The molecule has 0 aliphatic heterocycles. The Bertz CT molecular complexity index is 542. The van der Waals surface area contributed by atoms with Gasteiger partial charge >= 0.3 is 5.97 Å². The van der Waals surface area contributed by atoms with Crippen LogP contribution in [0.15, 0.2) is 18.2 Å². The molecule has 24 heavy (non-hydrogen) atoms. The minimum absolute atomic E-state index is 0.298. The van der Waals surface area contributed by atoms with E-state index >= 15 is 0 Å². The van der Waals surface area contributed by atoms with Crippen LogP contribution in [0.1, 0.15) is 44.0 Å². The van der Waals surface area contributed by atoms with Gasteiger partial charge in [-0.2, -0.15) is 0 Å². The van der Waals surface area contributed by atoms with Crippen LogP contribution in [-0.4, -0.2) is 38.7 Å². The molecule has 1 N–H and O–H groups in total. The van der Waals surface area contributed by atoms with E-state index in [9.17, 15) is 9.59 Å². The maximum atomic E-state index is 12.0. The van der Waals surface area contributed by atoms with Crippen LogP contribution in [0, 0.1) is 5.92 Å². The van der Waals surface area contributed by atoms with Crippen molar-refractivity contribution < 1.29 is 23.8 Å². The average molecular weight is 337 g/mol. The van der Waals surface area contributed by atoms with Crippen molar-refractivity contribution in [2.75, 3.05) is 26.9 Å². The molecule has 1 aromatic carbocycles. The molecule has 1 rings (SSSR count). The highest BCUT2D eigenvalue weighted by molar-refractivity contribution is 5.92. The molecule has 6 heteroatoms. The first-order valence-electron chi connectivity index (χ1n) is 8.22. The maximum absolute atomic E-state index is 12.0. The Morgan fingerprint density at radius 1 is 1.21 bits per heavy atom. The fourth-order valence-corrected chi connectivity index (χ4v) is 1.85. The fraction of sp³-hybridized carbons (Fsp3) is 0.556. The molecule has 1 amide bonds. The second kappa shape index (κ2) is 10.5. The quantitative estimate of drug-likeness (QED) is 0.665. The lowest BCUT2D eigenvalue weighted by Gasteiger charge is -2.13. The summed E-state index contributed by atoms with van der Waals surface area (Å²) < 4.78 is 15.9. The van der Waals surface area contributed by atoms with E-state index in [0.29, 0.717) is 36.1 Å². The third kappa shape index (κ3) is 6.89. The zero-order valence-electron chi connectivity index (χ0n) is 14.9. The van der Waals surface area contributed by atoms with Gasteiger partial charge in [0.2, 0.25) is 0 Å². The minimum Gasteiger partial charge on any atom is -0.493 e. The summed E-state index contributed by atoms with van der Waals surface area (Å²) in [6.45, 7) is 7.03. The van der Waals surface area contributed by atoms with Gasteiger partial charge in [0.1, 0.15) is 0 Å². The monoisotopic (exact) mass is 337 g/mol. The van der Waals surface area contributed by atoms with Crippen molar-refractivity contribution in [3.63, 3.8) is 0 Å². The van der Waals surface area contributed by atoms with Crippen molar-refractivity contribution in [3.05, 3.63) is 23.8 Å². The van der Waals surface area contributed by atoms with Gasteiger partial charge in [0.25, 0.3) is 5.91 Å². The van der Waals surface area contributed by atoms with E-state index < -0.39 is 5.97 Å². The molecule has 0 heterocycles. The Balaban J connectivity index is 2.62. The van der Waals surface area contributed by atoms with Crippen LogP contribution in [-0.2, 0) is 9.53 Å². The standard InChI is InChI=1S/C18H27NO5/c1-5-9-19-17(20)12-24-18(21)14-6-7-15(16(11-14)22-4)23-10-8-13(2)3/h6-7,11,13H,5,8-10,12H2,1-4H3,(H,19,20). The number of hydrogen-bond acceptors (Lipinski definition) is 5. The van der Waals surface area contributed by atoms with Crippen molar-refractivity contribution in [1.29, 1.82) is 0 Å². The second-order valence-corrected chi connectivity index (χ2v) is 5.82. The van der Waals surface area contributed by atoms with E-state index in [4.69, 9.17) is 14.2 Å². The van der Waals surface area contributed by atoms with Crippen molar-refractivity contribution in [2.24, 2.45) is 5.92 Å². The van der Waals surface area contributed by atoms with E-state index in [0.717, 1.165) is 12.8 Å². The Morgan fingerprint density at radius 2 is 1.96 bits per heavy atom. The maximum Gasteiger partial charge on any atom is 0.338 e. The van der Waals surface area contributed by atoms with Gasteiger partial charge in [-0.25, -0.2) is 4.79 Å². The summed E-state index contributed by atoms with van der Waals surface area (Å²) in [6.07, 6.45) is 1.76. The Morgan fingerprint density at radius 3 is 2.58 bits per heavy atom. The molecule has 0 spiro atoms. The summed E-state index contributed by atoms with van der Waals surface area (Å²) in [5, 5.41) is 2.64. The van der Waals surface area contributed by atoms with Crippen molar-refractivity contribution in [2.45, 2.75) is 33.6 Å². The Kier molecular flexibility index (Phi) is 8.68. The minimum atomic E-state index is -0.575. The van der Waals surface area contributed by atoms with Gasteiger partial charge in [-0.1, -0.05) is 20.8 Å². The van der Waals surface area contributed by atoms with Gasteiger partial charge < -0.3 is 19.5 Å². The highest BCUT2D eigenvalue weighted by Gasteiger charge is 2.14. The smallest absolute Gasteiger partial charge is 0.338 e. The molecule has 134 valence electrons. The summed E-state index contributed by atoms with van der Waals surface area (Å²) in [5.41, 5.74) is 0.311. The summed E-state index contributed by atoms with van der Waals surface area (Å²) in [7, 11) is 1.51. The molecule has 0 saturated heterocycles. The van der Waals surface area contributed by atoms with Crippen LogP contribution in [0.4, 0.5) is 0 Å². The molecule has 0 aliphatic rings. The molecule has 0 bridgehead atoms. The van der Waals surface area contributed by atoms with E-state index in [-0.39, 0.29) is 12.5 Å². The van der Waals surface area contributed by atoms with E-state index in [1.54, 1.807) is 18.2 Å². The third-order valence-electron chi connectivity index (χ3n) is 3.26. The number of rotatable bonds is 10. The average Bonchev–Trinajstić information content (AvgIpc) is 2.57. The Hall–Kier alpha value is -2.24. The highest BCUT2D eigenvalue weighted by atomic mass is 16.5. The van der Waals surface area contributed by atoms with Gasteiger partial charge in [0.05, 0.1) is 19.3 Å². The zero-order valence-corrected chi connectivity index (χ0v) is 14.9. The van der Waals surface area contributed by atoms with E-state index in [1.165, 1.54) is 7.11 Å². The molecule has 0 aromatic heterocycles. The van der Waals surface area contributed by atoms with Gasteiger partial charge in [-0.15, -0.1) is 0 Å². The van der Waals surface area contributed by atoms with Crippen LogP contribution in [0.25, 0.3) is 0 Å². The van der Waals surface area contributed by atoms with Gasteiger partial charge in [0, 0.05) is 6.54 Å². The normalized spacial score (nSPS) is 10.4. The summed E-state index contributed by atoms with van der Waals surface area (Å²) in [4.78, 5) is 23.5. The molecular weight excluding hydrogens is 310 g/mol. The van der Waals surface area contributed by atoms with Crippen molar-refractivity contribution in [1.82, 2.24) is 5.32 Å². The number of benzene rings is 1. The number of carbonyl (C=O) groups is 2. The molecule has 0 aliphatic carbocycles. The molecular formula is C18H27NO5. The third-order valence-corrected chi connectivity index (χ3v) is 3.26. The lowest BCUT2D eigenvalue weighted by molar-refractivity contribution is -0.124. The largest absolute Gasteiger partial charge is 0.493 e. The predicted octanol–water partition coefficient (Wildman–Crippen LogP) is 2.80. The molecule has 0 unspecified atom stereocenters. The van der Waals surface area contributed by atoms with Crippen molar-refractivity contribution in [3.8, 4) is 11.5 Å².